The fourth-order valence-corrected chi connectivity index (χ4v) is 5.66. The summed E-state index contributed by atoms with van der Waals surface area (Å²) in [6.07, 6.45) is 0.189. The zero-order valence-corrected chi connectivity index (χ0v) is 19.4. The van der Waals surface area contributed by atoms with Gasteiger partial charge in [-0.05, 0) is 55.1 Å². The number of sulfonamides is 1. The number of nitrogens with zero attached hydrogens (tertiary/aromatic N) is 2. The van der Waals surface area contributed by atoms with Gasteiger partial charge in [-0.3, -0.25) is 9.52 Å². The zero-order chi connectivity index (χ0) is 22.7. The van der Waals surface area contributed by atoms with E-state index in [4.69, 9.17) is 4.98 Å². The summed E-state index contributed by atoms with van der Waals surface area (Å²) < 4.78 is 29.6. The van der Waals surface area contributed by atoms with Gasteiger partial charge in [0, 0.05) is 12.2 Å². The van der Waals surface area contributed by atoms with Gasteiger partial charge in [-0.25, -0.2) is 13.4 Å². The lowest BCUT2D eigenvalue weighted by Crippen LogP contribution is -2.30. The summed E-state index contributed by atoms with van der Waals surface area (Å²) in [4.78, 5) is 17.3. The molecule has 32 heavy (non-hydrogen) atoms. The molecule has 4 aromatic rings. The minimum Gasteiger partial charge on any atom is -0.346 e. The Hall–Kier alpha value is -3.17. The molecular formula is C23H24N4O3S2. The van der Waals surface area contributed by atoms with Gasteiger partial charge in [0.25, 0.3) is 10.0 Å². The highest BCUT2D eigenvalue weighted by atomic mass is 32.2. The number of rotatable bonds is 8. The van der Waals surface area contributed by atoms with E-state index in [1.165, 1.54) is 0 Å². The van der Waals surface area contributed by atoms with Crippen LogP contribution in [-0.4, -0.2) is 23.9 Å². The second-order valence-electron chi connectivity index (χ2n) is 7.40. The fourth-order valence-electron chi connectivity index (χ4n) is 3.61. The Morgan fingerprint density at radius 2 is 1.84 bits per heavy atom. The molecule has 2 aromatic heterocycles. The third-order valence-corrected chi connectivity index (χ3v) is 7.87. The van der Waals surface area contributed by atoms with E-state index in [-0.39, 0.29) is 22.6 Å². The summed E-state index contributed by atoms with van der Waals surface area (Å²) in [7, 11) is -3.59. The molecule has 1 unspecified atom stereocenters. The first kappa shape index (κ1) is 22.0. The number of benzene rings is 2. The van der Waals surface area contributed by atoms with Crippen molar-refractivity contribution in [3.8, 4) is 0 Å². The second kappa shape index (κ2) is 9.13. The van der Waals surface area contributed by atoms with Crippen LogP contribution < -0.4 is 10.0 Å². The Kier molecular flexibility index (Phi) is 6.29. The summed E-state index contributed by atoms with van der Waals surface area (Å²) in [5, 5.41) is 4.73. The van der Waals surface area contributed by atoms with Crippen LogP contribution in [0.2, 0.25) is 0 Å². The number of fused-ring (bicyclic) bond motifs is 1. The second-order valence-corrected chi connectivity index (χ2v) is 10.3. The van der Waals surface area contributed by atoms with Gasteiger partial charge in [0.1, 0.15) is 10.0 Å². The van der Waals surface area contributed by atoms with Gasteiger partial charge in [0.2, 0.25) is 5.91 Å². The minimum absolute atomic E-state index is 0.126. The van der Waals surface area contributed by atoms with Crippen molar-refractivity contribution < 1.29 is 13.2 Å². The van der Waals surface area contributed by atoms with E-state index in [1.54, 1.807) is 41.8 Å². The number of nitrogens with one attached hydrogen (secondary N) is 2. The maximum atomic E-state index is 12.6. The van der Waals surface area contributed by atoms with Crippen LogP contribution in [-0.2, 0) is 27.8 Å². The van der Waals surface area contributed by atoms with Crippen LogP contribution in [0, 0.1) is 0 Å². The smallest absolute Gasteiger partial charge is 0.271 e. The van der Waals surface area contributed by atoms with Crippen molar-refractivity contribution in [1.82, 2.24) is 14.9 Å². The highest BCUT2D eigenvalue weighted by molar-refractivity contribution is 7.94. The normalized spacial score (nSPS) is 12.6. The van der Waals surface area contributed by atoms with Crippen molar-refractivity contribution in [1.29, 1.82) is 0 Å². The Labute approximate surface area is 191 Å². The Morgan fingerprint density at radius 1 is 1.09 bits per heavy atom. The summed E-state index contributed by atoms with van der Waals surface area (Å²) in [6, 6.07) is 17.7. The lowest BCUT2D eigenvalue weighted by atomic mass is 10.1. The standard InChI is InChI=1S/C23H24N4O3S2/c1-3-27-20-8-5-4-7-19(20)25-23(27)16(2)24-21(28)15-17-10-12-18(13-11-17)26-32(29,30)22-9-6-14-31-22/h4-14,16,26H,3,15H2,1-2H3,(H,24,28). The molecule has 1 amide bonds. The van der Waals surface area contributed by atoms with Gasteiger partial charge in [-0.1, -0.05) is 30.3 Å². The molecule has 4 rings (SSSR count). The number of thiophene rings is 1. The van der Waals surface area contributed by atoms with Crippen molar-refractivity contribution in [3.63, 3.8) is 0 Å². The predicted molar refractivity (Wildman–Crippen MR) is 127 cm³/mol. The van der Waals surface area contributed by atoms with Gasteiger partial charge in [0.05, 0.1) is 23.5 Å². The van der Waals surface area contributed by atoms with Crippen molar-refractivity contribution in [2.24, 2.45) is 0 Å². The molecule has 7 nitrogen and oxygen atoms in total. The third kappa shape index (κ3) is 4.68. The molecule has 0 bridgehead atoms. The molecule has 2 heterocycles. The molecule has 0 fully saturated rings. The van der Waals surface area contributed by atoms with Gasteiger partial charge in [-0.15, -0.1) is 11.3 Å². The highest BCUT2D eigenvalue weighted by Gasteiger charge is 2.18. The number of aryl methyl sites for hydroxylation is 1. The third-order valence-electron chi connectivity index (χ3n) is 5.10. The molecule has 0 radical (unpaired) electrons. The van der Waals surface area contributed by atoms with Crippen molar-refractivity contribution >= 4 is 44.0 Å². The van der Waals surface area contributed by atoms with E-state index in [0.717, 1.165) is 40.3 Å². The number of carbonyl (C=O) groups excluding carboxylic acids is 1. The van der Waals surface area contributed by atoms with E-state index in [9.17, 15) is 13.2 Å². The zero-order valence-electron chi connectivity index (χ0n) is 17.8. The molecule has 9 heteroatoms. The number of anilines is 1. The van der Waals surface area contributed by atoms with Crippen LogP contribution >= 0.6 is 11.3 Å². The minimum atomic E-state index is -3.59. The van der Waals surface area contributed by atoms with Gasteiger partial charge in [0.15, 0.2) is 0 Å². The van der Waals surface area contributed by atoms with Crippen LogP contribution in [0.15, 0.2) is 70.3 Å². The highest BCUT2D eigenvalue weighted by Crippen LogP contribution is 2.22. The average Bonchev–Trinajstić information content (AvgIpc) is 3.43. The Balaban J connectivity index is 1.40. The van der Waals surface area contributed by atoms with Crippen LogP contribution in [0.3, 0.4) is 0 Å². The maximum Gasteiger partial charge on any atom is 0.271 e. The SMILES string of the molecule is CCn1c(C(C)NC(=O)Cc2ccc(NS(=O)(=O)c3cccs3)cc2)nc2ccccc21. The molecule has 2 aromatic carbocycles. The quantitative estimate of drug-likeness (QED) is 0.402. The Morgan fingerprint density at radius 3 is 2.53 bits per heavy atom. The molecule has 2 N–H and O–H groups in total. The van der Waals surface area contributed by atoms with E-state index in [0.29, 0.717) is 5.69 Å². The first-order valence-electron chi connectivity index (χ1n) is 10.3. The molecule has 0 aliphatic rings. The molecule has 0 saturated carbocycles. The first-order valence-corrected chi connectivity index (χ1v) is 12.6. The van der Waals surface area contributed by atoms with Crippen LogP contribution in [0.5, 0.6) is 0 Å². The largest absolute Gasteiger partial charge is 0.346 e. The summed E-state index contributed by atoms with van der Waals surface area (Å²) >= 11 is 1.16. The summed E-state index contributed by atoms with van der Waals surface area (Å²) in [6.45, 7) is 4.74. The lowest BCUT2D eigenvalue weighted by Gasteiger charge is -2.15. The number of carbonyl (C=O) groups is 1. The average molecular weight is 469 g/mol. The summed E-state index contributed by atoms with van der Waals surface area (Å²) in [5.74, 6) is 0.694. The number of amides is 1. The van der Waals surface area contributed by atoms with Gasteiger partial charge in [-0.2, -0.15) is 0 Å². The van der Waals surface area contributed by atoms with Crippen molar-refractivity contribution in [2.45, 2.75) is 37.1 Å². The van der Waals surface area contributed by atoms with Gasteiger partial charge < -0.3 is 9.88 Å². The van der Waals surface area contributed by atoms with Crippen LogP contribution in [0.4, 0.5) is 5.69 Å². The Bertz CT molecular complexity index is 1330. The number of hydrogen-bond donors (Lipinski definition) is 2. The van der Waals surface area contributed by atoms with E-state index in [2.05, 4.69) is 21.5 Å². The molecule has 0 spiro atoms. The molecule has 1 atom stereocenters. The van der Waals surface area contributed by atoms with E-state index >= 15 is 0 Å². The molecule has 166 valence electrons. The summed E-state index contributed by atoms with van der Waals surface area (Å²) in [5.41, 5.74) is 3.20. The van der Waals surface area contributed by atoms with E-state index < -0.39 is 10.0 Å². The van der Waals surface area contributed by atoms with Crippen LogP contribution in [0.25, 0.3) is 11.0 Å². The van der Waals surface area contributed by atoms with Crippen LogP contribution in [0.1, 0.15) is 31.3 Å². The maximum absolute atomic E-state index is 12.6. The fraction of sp³-hybridized carbons (Fsp3) is 0.217. The van der Waals surface area contributed by atoms with Gasteiger partial charge >= 0.3 is 0 Å². The number of imidazole rings is 1. The lowest BCUT2D eigenvalue weighted by molar-refractivity contribution is -0.121. The number of hydrogen-bond acceptors (Lipinski definition) is 5. The molecule has 0 saturated heterocycles. The van der Waals surface area contributed by atoms with Crippen molar-refractivity contribution in [2.75, 3.05) is 4.72 Å². The molecular weight excluding hydrogens is 444 g/mol. The molecule has 0 aliphatic heterocycles. The predicted octanol–water partition coefficient (Wildman–Crippen LogP) is 4.34. The number of aromatic nitrogens is 2. The monoisotopic (exact) mass is 468 g/mol. The first-order chi connectivity index (χ1) is 15.4. The molecule has 0 aliphatic carbocycles. The van der Waals surface area contributed by atoms with E-state index in [1.807, 2.05) is 31.2 Å². The topological polar surface area (TPSA) is 93.1 Å². The van der Waals surface area contributed by atoms with Crippen molar-refractivity contribution in [3.05, 3.63) is 77.4 Å². The number of para-hydroxylation sites is 2.